The molecule has 2 heterocycles. The first-order valence-corrected chi connectivity index (χ1v) is 9.59. The van der Waals surface area contributed by atoms with Crippen LogP contribution in [0.25, 0.3) is 0 Å². The largest absolute Gasteiger partial charge is 0.470 e. The molecule has 1 atom stereocenters. The number of benzene rings is 1. The van der Waals surface area contributed by atoms with E-state index in [4.69, 9.17) is 16.3 Å². The minimum atomic E-state index is -0.258. The molecule has 3 aromatic rings. The molecule has 0 bridgehead atoms. The molecule has 2 aromatic heterocycles. The van der Waals surface area contributed by atoms with Crippen LogP contribution in [0.1, 0.15) is 36.1 Å². The molecule has 9 heteroatoms. The van der Waals surface area contributed by atoms with E-state index in [9.17, 15) is 4.79 Å². The van der Waals surface area contributed by atoms with E-state index in [1.807, 2.05) is 30.7 Å². The molecule has 0 aliphatic rings. The Morgan fingerprint density at radius 1 is 1.37 bits per heavy atom. The fraction of sp³-hybridized carbons (Fsp3) is 0.278. The van der Waals surface area contributed by atoms with E-state index < -0.39 is 0 Å². The number of nitrogens with one attached hydrogen (secondary N) is 1. The van der Waals surface area contributed by atoms with Crippen LogP contribution in [0, 0.1) is 0 Å². The van der Waals surface area contributed by atoms with Gasteiger partial charge in [-0.3, -0.25) is 9.48 Å². The fourth-order valence-corrected chi connectivity index (χ4v) is 3.33. The van der Waals surface area contributed by atoms with Crippen molar-refractivity contribution in [1.29, 1.82) is 0 Å². The SMILES string of the molecule is CCn1nccc1C(C)NC(=O)c1ccn(COc2ccc(Br)cc2Cl)n1. The lowest BCUT2D eigenvalue weighted by Gasteiger charge is -2.14. The summed E-state index contributed by atoms with van der Waals surface area (Å²) in [7, 11) is 0. The van der Waals surface area contributed by atoms with E-state index in [-0.39, 0.29) is 18.7 Å². The number of carbonyl (C=O) groups is 1. The normalized spacial score (nSPS) is 12.0. The predicted molar refractivity (Wildman–Crippen MR) is 106 cm³/mol. The minimum absolute atomic E-state index is 0.146. The number of ether oxygens (including phenoxy) is 1. The van der Waals surface area contributed by atoms with Gasteiger partial charge in [0.1, 0.15) is 11.4 Å². The lowest BCUT2D eigenvalue weighted by molar-refractivity contribution is 0.0931. The van der Waals surface area contributed by atoms with Crippen LogP contribution >= 0.6 is 27.5 Å². The zero-order valence-corrected chi connectivity index (χ0v) is 17.2. The monoisotopic (exact) mass is 451 g/mol. The number of rotatable bonds is 7. The van der Waals surface area contributed by atoms with Gasteiger partial charge in [-0.25, -0.2) is 4.68 Å². The zero-order chi connectivity index (χ0) is 19.4. The first-order valence-electron chi connectivity index (χ1n) is 8.41. The second-order valence-electron chi connectivity index (χ2n) is 5.86. The van der Waals surface area contributed by atoms with Crippen LogP contribution in [-0.4, -0.2) is 25.5 Å². The first-order chi connectivity index (χ1) is 13.0. The number of carbonyl (C=O) groups excluding carboxylic acids is 1. The Balaban J connectivity index is 1.60. The number of hydrogen-bond donors (Lipinski definition) is 1. The Labute approximate surface area is 170 Å². The first kappa shape index (κ1) is 19.4. The van der Waals surface area contributed by atoms with Gasteiger partial charge in [0.15, 0.2) is 6.73 Å². The van der Waals surface area contributed by atoms with Crippen molar-refractivity contribution >= 4 is 33.4 Å². The highest BCUT2D eigenvalue weighted by molar-refractivity contribution is 9.10. The van der Waals surface area contributed by atoms with Gasteiger partial charge in [0.25, 0.3) is 5.91 Å². The molecule has 0 aliphatic heterocycles. The summed E-state index contributed by atoms with van der Waals surface area (Å²) in [6.07, 6.45) is 3.41. The van der Waals surface area contributed by atoms with E-state index in [0.717, 1.165) is 16.7 Å². The van der Waals surface area contributed by atoms with Crippen LogP contribution in [-0.2, 0) is 13.3 Å². The van der Waals surface area contributed by atoms with Crippen LogP contribution in [0.15, 0.2) is 47.2 Å². The molecule has 27 heavy (non-hydrogen) atoms. The van der Waals surface area contributed by atoms with Crippen LogP contribution < -0.4 is 10.1 Å². The Morgan fingerprint density at radius 3 is 2.93 bits per heavy atom. The van der Waals surface area contributed by atoms with Gasteiger partial charge in [0, 0.05) is 23.4 Å². The minimum Gasteiger partial charge on any atom is -0.470 e. The third-order valence-corrected chi connectivity index (χ3v) is 4.75. The van der Waals surface area contributed by atoms with Crippen LogP contribution in [0.2, 0.25) is 5.02 Å². The predicted octanol–water partition coefficient (Wildman–Crippen LogP) is 4.04. The Kier molecular flexibility index (Phi) is 6.18. The van der Waals surface area contributed by atoms with Gasteiger partial charge in [-0.05, 0) is 44.2 Å². The van der Waals surface area contributed by atoms with E-state index in [2.05, 4.69) is 31.4 Å². The van der Waals surface area contributed by atoms with Crippen molar-refractivity contribution in [3.63, 3.8) is 0 Å². The van der Waals surface area contributed by atoms with Crippen molar-refractivity contribution < 1.29 is 9.53 Å². The molecule has 0 aliphatic carbocycles. The van der Waals surface area contributed by atoms with Gasteiger partial charge >= 0.3 is 0 Å². The van der Waals surface area contributed by atoms with E-state index >= 15 is 0 Å². The standard InChI is InChI=1S/C18H19BrClN5O2/c1-3-25-16(6-8-21-25)12(2)22-18(26)15-7-9-24(23-15)11-27-17-5-4-13(19)10-14(17)20/h4-10,12H,3,11H2,1-2H3,(H,22,26). The van der Waals surface area contributed by atoms with Gasteiger partial charge in [0.05, 0.1) is 16.8 Å². The fourth-order valence-electron chi connectivity index (χ4n) is 2.60. The van der Waals surface area contributed by atoms with Crippen LogP contribution in [0.4, 0.5) is 0 Å². The third-order valence-electron chi connectivity index (χ3n) is 3.96. The zero-order valence-electron chi connectivity index (χ0n) is 14.9. The van der Waals surface area contributed by atoms with Gasteiger partial charge in [-0.2, -0.15) is 10.2 Å². The van der Waals surface area contributed by atoms with Gasteiger partial charge < -0.3 is 10.1 Å². The summed E-state index contributed by atoms with van der Waals surface area (Å²) in [6, 6.07) is 8.71. The molecule has 1 amide bonds. The number of aryl methyl sites for hydroxylation is 1. The van der Waals surface area contributed by atoms with E-state index in [1.165, 1.54) is 4.68 Å². The van der Waals surface area contributed by atoms with Crippen molar-refractivity contribution in [1.82, 2.24) is 24.9 Å². The summed E-state index contributed by atoms with van der Waals surface area (Å²) < 4.78 is 9.90. The molecule has 0 radical (unpaired) electrons. The Morgan fingerprint density at radius 2 is 2.19 bits per heavy atom. The number of aromatic nitrogens is 4. The number of amides is 1. The Hall–Kier alpha value is -2.32. The average Bonchev–Trinajstić information content (AvgIpc) is 3.30. The molecule has 0 saturated heterocycles. The van der Waals surface area contributed by atoms with Crippen molar-refractivity contribution in [2.24, 2.45) is 0 Å². The molecule has 0 saturated carbocycles. The van der Waals surface area contributed by atoms with E-state index in [0.29, 0.717) is 16.5 Å². The van der Waals surface area contributed by atoms with E-state index in [1.54, 1.807) is 30.6 Å². The average molecular weight is 453 g/mol. The molecule has 1 aromatic carbocycles. The number of hydrogen-bond acceptors (Lipinski definition) is 4. The topological polar surface area (TPSA) is 74.0 Å². The maximum Gasteiger partial charge on any atom is 0.272 e. The van der Waals surface area contributed by atoms with Crippen molar-refractivity contribution in [3.05, 3.63) is 63.6 Å². The smallest absolute Gasteiger partial charge is 0.272 e. The molecule has 0 spiro atoms. The molecule has 7 nitrogen and oxygen atoms in total. The van der Waals surface area contributed by atoms with Gasteiger partial charge in [-0.1, -0.05) is 27.5 Å². The summed E-state index contributed by atoms with van der Waals surface area (Å²) in [5.74, 6) is 0.287. The molecule has 3 rings (SSSR count). The van der Waals surface area contributed by atoms with Gasteiger partial charge in [-0.15, -0.1) is 0 Å². The maximum atomic E-state index is 12.4. The van der Waals surface area contributed by atoms with Crippen molar-refractivity contribution in [2.45, 2.75) is 33.2 Å². The second-order valence-corrected chi connectivity index (χ2v) is 7.18. The molecule has 142 valence electrons. The number of nitrogens with zero attached hydrogens (tertiary/aromatic N) is 4. The second kappa shape index (κ2) is 8.58. The molecular formula is C18H19BrClN5O2. The lowest BCUT2D eigenvalue weighted by atomic mass is 10.2. The number of halogens is 2. The van der Waals surface area contributed by atoms with Crippen molar-refractivity contribution in [2.75, 3.05) is 0 Å². The summed E-state index contributed by atoms with van der Waals surface area (Å²) in [5, 5.41) is 11.9. The van der Waals surface area contributed by atoms with Gasteiger partial charge in [0.2, 0.25) is 0 Å². The van der Waals surface area contributed by atoms with Crippen molar-refractivity contribution in [3.8, 4) is 5.75 Å². The summed E-state index contributed by atoms with van der Waals surface area (Å²) in [5.41, 5.74) is 1.26. The summed E-state index contributed by atoms with van der Waals surface area (Å²) in [6.45, 7) is 4.81. The van der Waals surface area contributed by atoms with Crippen LogP contribution in [0.5, 0.6) is 5.75 Å². The molecule has 0 fully saturated rings. The van der Waals surface area contributed by atoms with Crippen LogP contribution in [0.3, 0.4) is 0 Å². The summed E-state index contributed by atoms with van der Waals surface area (Å²) in [4.78, 5) is 12.4. The molecule has 1 N–H and O–H groups in total. The maximum absolute atomic E-state index is 12.4. The lowest BCUT2D eigenvalue weighted by Crippen LogP contribution is -2.28. The summed E-state index contributed by atoms with van der Waals surface area (Å²) >= 11 is 9.47. The highest BCUT2D eigenvalue weighted by atomic mass is 79.9. The Bertz CT molecular complexity index is 939. The highest BCUT2D eigenvalue weighted by Crippen LogP contribution is 2.27. The quantitative estimate of drug-likeness (QED) is 0.587. The highest BCUT2D eigenvalue weighted by Gasteiger charge is 2.16. The third kappa shape index (κ3) is 4.70. The molecule has 1 unspecified atom stereocenters. The molecular weight excluding hydrogens is 434 g/mol.